The maximum atomic E-state index is 13.0. The van der Waals surface area contributed by atoms with E-state index in [2.05, 4.69) is 10.3 Å². The van der Waals surface area contributed by atoms with E-state index < -0.39 is 12.2 Å². The lowest BCUT2D eigenvalue weighted by molar-refractivity contribution is -0.123. The van der Waals surface area contributed by atoms with Crippen molar-refractivity contribution >= 4 is 22.7 Å². The molecule has 0 saturated heterocycles. The number of aliphatic hydroxyl groups excluding tert-OH is 2. The summed E-state index contributed by atoms with van der Waals surface area (Å²) in [6.07, 6.45) is 4.65. The minimum absolute atomic E-state index is 0.0104. The van der Waals surface area contributed by atoms with Gasteiger partial charge in [0.25, 0.3) is 5.91 Å². The number of carbonyl (C=O) groups excluding carboxylic acids is 2. The molecule has 180 valence electrons. The molecule has 2 aliphatic rings. The van der Waals surface area contributed by atoms with Crippen molar-refractivity contribution in [3.8, 4) is 0 Å². The number of aliphatic hydroxyl groups is 2. The Morgan fingerprint density at radius 2 is 1.82 bits per heavy atom. The maximum Gasteiger partial charge on any atom is 0.271 e. The molecule has 3 atom stereocenters. The molecule has 7 nitrogen and oxygen atoms in total. The highest BCUT2D eigenvalue weighted by atomic mass is 16.3. The van der Waals surface area contributed by atoms with Crippen molar-refractivity contribution in [3.63, 3.8) is 0 Å². The molecular weight excluding hydrogens is 418 g/mol. The van der Waals surface area contributed by atoms with E-state index in [9.17, 15) is 19.8 Å². The van der Waals surface area contributed by atoms with Gasteiger partial charge in [-0.3, -0.25) is 9.59 Å². The first-order valence-corrected chi connectivity index (χ1v) is 12.4. The van der Waals surface area contributed by atoms with E-state index in [-0.39, 0.29) is 36.2 Å². The Morgan fingerprint density at radius 1 is 1.12 bits per heavy atom. The van der Waals surface area contributed by atoms with E-state index in [4.69, 9.17) is 0 Å². The van der Waals surface area contributed by atoms with Gasteiger partial charge in [0.2, 0.25) is 5.91 Å². The third-order valence-corrected chi connectivity index (χ3v) is 7.22. The molecule has 1 aromatic carbocycles. The van der Waals surface area contributed by atoms with E-state index in [1.165, 1.54) is 6.42 Å². The van der Waals surface area contributed by atoms with Crippen LogP contribution in [0.1, 0.15) is 74.8 Å². The zero-order valence-corrected chi connectivity index (χ0v) is 19.7. The third-order valence-electron chi connectivity index (χ3n) is 7.22. The van der Waals surface area contributed by atoms with Gasteiger partial charge in [-0.05, 0) is 43.6 Å². The molecule has 0 bridgehead atoms. The predicted molar refractivity (Wildman–Crippen MR) is 128 cm³/mol. The summed E-state index contributed by atoms with van der Waals surface area (Å²) in [4.78, 5) is 30.7. The molecule has 1 saturated carbocycles. The van der Waals surface area contributed by atoms with E-state index in [1.807, 2.05) is 38.1 Å². The lowest BCUT2D eigenvalue weighted by atomic mass is 9.81. The largest absolute Gasteiger partial charge is 0.390 e. The molecule has 3 unspecified atom stereocenters. The summed E-state index contributed by atoms with van der Waals surface area (Å²) in [5, 5.41) is 25.1. The van der Waals surface area contributed by atoms with E-state index in [0.717, 1.165) is 42.1 Å². The number of fused-ring (bicyclic) bond motifs is 3. The first-order chi connectivity index (χ1) is 15.8. The molecule has 4 N–H and O–H groups in total. The first-order valence-electron chi connectivity index (χ1n) is 12.4. The molecule has 1 fully saturated rings. The van der Waals surface area contributed by atoms with E-state index >= 15 is 0 Å². The molecular formula is C26H37N3O4. The van der Waals surface area contributed by atoms with Gasteiger partial charge in [0.1, 0.15) is 12.2 Å². The van der Waals surface area contributed by atoms with Gasteiger partial charge in [0.15, 0.2) is 0 Å². The zero-order valence-electron chi connectivity index (χ0n) is 19.7. The first kappa shape index (κ1) is 23.8. The summed E-state index contributed by atoms with van der Waals surface area (Å²) >= 11 is 0. The molecule has 33 heavy (non-hydrogen) atoms. The number of aromatic amines is 1. The number of H-pyrrole nitrogens is 1. The van der Waals surface area contributed by atoms with E-state index in [0.29, 0.717) is 25.1 Å². The number of para-hydroxylation sites is 1. The zero-order chi connectivity index (χ0) is 23.5. The number of amides is 2. The monoisotopic (exact) mass is 455 g/mol. The van der Waals surface area contributed by atoms with E-state index in [1.54, 1.807) is 4.90 Å². The summed E-state index contributed by atoms with van der Waals surface area (Å²) in [5.74, 6) is 0.207. The van der Waals surface area contributed by atoms with Crippen LogP contribution < -0.4 is 5.32 Å². The quantitative estimate of drug-likeness (QED) is 0.465. The molecule has 2 aromatic rings. The summed E-state index contributed by atoms with van der Waals surface area (Å²) < 4.78 is 0. The van der Waals surface area contributed by atoms with Crippen molar-refractivity contribution in [3.05, 3.63) is 35.5 Å². The number of benzene rings is 1. The second-order valence-electron chi connectivity index (χ2n) is 10.3. The highest BCUT2D eigenvalue weighted by Crippen LogP contribution is 2.31. The molecule has 1 aliphatic heterocycles. The number of nitrogens with zero attached hydrogens (tertiary/aromatic N) is 1. The van der Waals surface area contributed by atoms with Gasteiger partial charge in [-0.15, -0.1) is 0 Å². The smallest absolute Gasteiger partial charge is 0.271 e. The van der Waals surface area contributed by atoms with Crippen LogP contribution >= 0.6 is 0 Å². The van der Waals surface area contributed by atoms with Crippen LogP contribution in [0.15, 0.2) is 24.3 Å². The Labute approximate surface area is 195 Å². The highest BCUT2D eigenvalue weighted by Gasteiger charge is 2.34. The maximum absolute atomic E-state index is 13.0. The molecule has 2 amide bonds. The third kappa shape index (κ3) is 5.41. The fourth-order valence-corrected chi connectivity index (χ4v) is 5.48. The standard InChI is InChI=1S/C26H37N3O4/c1-16(2)12-22(30)23(31)13-21(17-8-4-3-5-9-17)27-24(32)15-29-14-19-18-10-6-7-11-20(18)28-25(19)26(29)33/h6-7,10-11,16-17,21-23,28,30-31H,3-5,8-9,12-15H2,1-2H3,(H,27,32). The van der Waals surface area contributed by atoms with Crippen LogP contribution in [0.3, 0.4) is 0 Å². The molecule has 0 radical (unpaired) electrons. The SMILES string of the molecule is CC(C)CC(O)C(O)CC(NC(=O)CN1Cc2c([nH]c3ccccc23)C1=O)C1CCCCC1. The Kier molecular flexibility index (Phi) is 7.39. The molecule has 1 aromatic heterocycles. The number of nitrogens with one attached hydrogen (secondary N) is 2. The van der Waals surface area contributed by atoms with Gasteiger partial charge < -0.3 is 25.4 Å². The predicted octanol–water partition coefficient (Wildman–Crippen LogP) is 3.35. The van der Waals surface area contributed by atoms with Crippen LogP contribution in [-0.2, 0) is 11.3 Å². The number of rotatable bonds is 9. The van der Waals surface area contributed by atoms with Gasteiger partial charge in [0, 0.05) is 29.1 Å². The Balaban J connectivity index is 1.40. The van der Waals surface area contributed by atoms with Crippen molar-refractivity contribution in [2.45, 2.75) is 83.6 Å². The normalized spacial score (nSPS) is 19.7. The minimum Gasteiger partial charge on any atom is -0.390 e. The second-order valence-corrected chi connectivity index (χ2v) is 10.3. The summed E-state index contributed by atoms with van der Waals surface area (Å²) in [6, 6.07) is 7.62. The van der Waals surface area contributed by atoms with Crippen LogP contribution in [0.5, 0.6) is 0 Å². The van der Waals surface area contributed by atoms with Crippen molar-refractivity contribution in [1.82, 2.24) is 15.2 Å². The fourth-order valence-electron chi connectivity index (χ4n) is 5.48. The molecule has 4 rings (SSSR count). The lowest BCUT2D eigenvalue weighted by Crippen LogP contribution is -2.48. The van der Waals surface area contributed by atoms with Crippen LogP contribution in [0, 0.1) is 11.8 Å². The van der Waals surface area contributed by atoms with Gasteiger partial charge in [0.05, 0.1) is 12.2 Å². The minimum atomic E-state index is -0.876. The van der Waals surface area contributed by atoms with Gasteiger partial charge in [-0.25, -0.2) is 0 Å². The number of carbonyl (C=O) groups is 2. The van der Waals surface area contributed by atoms with Gasteiger partial charge in [-0.2, -0.15) is 0 Å². The number of hydrogen-bond donors (Lipinski definition) is 4. The van der Waals surface area contributed by atoms with Crippen LogP contribution in [0.4, 0.5) is 0 Å². The Bertz CT molecular complexity index is 979. The van der Waals surface area contributed by atoms with Gasteiger partial charge in [-0.1, -0.05) is 51.3 Å². The topological polar surface area (TPSA) is 106 Å². The van der Waals surface area contributed by atoms with Crippen LogP contribution in [-0.4, -0.2) is 56.7 Å². The molecule has 7 heteroatoms. The summed E-state index contributed by atoms with van der Waals surface area (Å²) in [5.41, 5.74) is 2.45. The van der Waals surface area contributed by atoms with Crippen molar-refractivity contribution < 1.29 is 19.8 Å². The Hall–Kier alpha value is -2.38. The van der Waals surface area contributed by atoms with Crippen molar-refractivity contribution in [2.75, 3.05) is 6.54 Å². The average molecular weight is 456 g/mol. The lowest BCUT2D eigenvalue weighted by Gasteiger charge is -2.34. The second kappa shape index (κ2) is 10.3. The Morgan fingerprint density at radius 3 is 2.55 bits per heavy atom. The molecule has 1 aliphatic carbocycles. The average Bonchev–Trinajstić information content (AvgIpc) is 3.30. The van der Waals surface area contributed by atoms with Crippen molar-refractivity contribution in [1.29, 1.82) is 0 Å². The van der Waals surface area contributed by atoms with Crippen molar-refractivity contribution in [2.24, 2.45) is 11.8 Å². The summed E-state index contributed by atoms with van der Waals surface area (Å²) in [6.45, 7) is 4.43. The number of hydrogen-bond acceptors (Lipinski definition) is 4. The summed E-state index contributed by atoms with van der Waals surface area (Å²) in [7, 11) is 0. The van der Waals surface area contributed by atoms with Crippen LogP contribution in [0.25, 0.3) is 10.9 Å². The molecule has 2 heterocycles. The number of aromatic nitrogens is 1. The highest BCUT2D eigenvalue weighted by molar-refractivity contribution is 6.05. The van der Waals surface area contributed by atoms with Crippen LogP contribution in [0.2, 0.25) is 0 Å². The van der Waals surface area contributed by atoms with Gasteiger partial charge >= 0.3 is 0 Å². The molecule has 0 spiro atoms. The fraction of sp³-hybridized carbons (Fsp3) is 0.615.